The Labute approximate surface area is 110 Å². The molecule has 0 aliphatic carbocycles. The zero-order chi connectivity index (χ0) is 13.7. The third-order valence-electron chi connectivity index (χ3n) is 2.79. The number of aliphatic carboxylic acids is 1. The van der Waals surface area contributed by atoms with Gasteiger partial charge in [0.05, 0.1) is 13.0 Å². The Balaban J connectivity index is 1.88. The molecule has 0 saturated carbocycles. The summed E-state index contributed by atoms with van der Waals surface area (Å²) in [4.78, 5) is 21.8. The third kappa shape index (κ3) is 3.87. The van der Waals surface area contributed by atoms with Crippen LogP contribution < -0.4 is 15.4 Å². The van der Waals surface area contributed by atoms with Gasteiger partial charge >= 0.3 is 12.0 Å². The van der Waals surface area contributed by atoms with Gasteiger partial charge in [-0.3, -0.25) is 4.79 Å². The monoisotopic (exact) mass is 264 g/mol. The van der Waals surface area contributed by atoms with Gasteiger partial charge in [0.15, 0.2) is 0 Å². The predicted molar refractivity (Wildman–Crippen MR) is 69.5 cm³/mol. The van der Waals surface area contributed by atoms with Gasteiger partial charge in [0.25, 0.3) is 0 Å². The van der Waals surface area contributed by atoms with E-state index >= 15 is 0 Å². The SMILES string of the molecule is O=C(O)CCNC(=O)Nc1ccc2c(c1)CCCO2. The number of carboxylic acids is 1. The highest BCUT2D eigenvalue weighted by Gasteiger charge is 2.11. The van der Waals surface area contributed by atoms with Crippen LogP contribution in [-0.2, 0) is 11.2 Å². The molecule has 0 radical (unpaired) electrons. The van der Waals surface area contributed by atoms with E-state index in [1.54, 1.807) is 6.07 Å². The van der Waals surface area contributed by atoms with Crippen molar-refractivity contribution in [1.29, 1.82) is 0 Å². The van der Waals surface area contributed by atoms with Gasteiger partial charge in [0.1, 0.15) is 5.75 Å². The van der Waals surface area contributed by atoms with Crippen LogP contribution in [0.3, 0.4) is 0 Å². The van der Waals surface area contributed by atoms with Crippen molar-refractivity contribution in [2.24, 2.45) is 0 Å². The fraction of sp³-hybridized carbons (Fsp3) is 0.385. The molecule has 3 N–H and O–H groups in total. The Bertz CT molecular complexity index is 488. The molecule has 1 aromatic carbocycles. The molecule has 1 aliphatic rings. The predicted octanol–water partition coefficient (Wildman–Crippen LogP) is 1.61. The quantitative estimate of drug-likeness (QED) is 0.771. The summed E-state index contributed by atoms with van der Waals surface area (Å²) < 4.78 is 5.48. The van der Waals surface area contributed by atoms with E-state index in [-0.39, 0.29) is 13.0 Å². The first-order chi connectivity index (χ1) is 9.15. The maximum absolute atomic E-state index is 11.5. The number of ether oxygens (including phenoxy) is 1. The average molecular weight is 264 g/mol. The maximum atomic E-state index is 11.5. The minimum absolute atomic E-state index is 0.0918. The zero-order valence-electron chi connectivity index (χ0n) is 10.4. The maximum Gasteiger partial charge on any atom is 0.319 e. The number of nitrogens with one attached hydrogen (secondary N) is 2. The molecule has 0 saturated heterocycles. The van der Waals surface area contributed by atoms with Gasteiger partial charge in [0.2, 0.25) is 0 Å². The van der Waals surface area contributed by atoms with Gasteiger partial charge in [-0.15, -0.1) is 0 Å². The van der Waals surface area contributed by atoms with Crippen molar-refractivity contribution >= 4 is 17.7 Å². The molecule has 19 heavy (non-hydrogen) atoms. The smallest absolute Gasteiger partial charge is 0.319 e. The van der Waals surface area contributed by atoms with Gasteiger partial charge in [-0.05, 0) is 36.6 Å². The van der Waals surface area contributed by atoms with Gasteiger partial charge in [-0.1, -0.05) is 0 Å². The summed E-state index contributed by atoms with van der Waals surface area (Å²) in [5, 5.41) is 13.6. The number of anilines is 1. The van der Waals surface area contributed by atoms with Crippen molar-refractivity contribution in [2.75, 3.05) is 18.5 Å². The number of hydrogen-bond acceptors (Lipinski definition) is 3. The minimum Gasteiger partial charge on any atom is -0.493 e. The minimum atomic E-state index is -0.939. The van der Waals surface area contributed by atoms with E-state index in [1.807, 2.05) is 12.1 Å². The summed E-state index contributed by atoms with van der Waals surface area (Å²) in [6.45, 7) is 0.838. The van der Waals surface area contributed by atoms with Gasteiger partial charge in [-0.2, -0.15) is 0 Å². The number of carboxylic acid groups (broad SMARTS) is 1. The van der Waals surface area contributed by atoms with E-state index in [2.05, 4.69) is 10.6 Å². The van der Waals surface area contributed by atoms with Crippen molar-refractivity contribution in [2.45, 2.75) is 19.3 Å². The molecule has 0 bridgehead atoms. The van der Waals surface area contributed by atoms with Crippen LogP contribution in [-0.4, -0.2) is 30.3 Å². The zero-order valence-corrected chi connectivity index (χ0v) is 10.4. The number of carbonyl (C=O) groups is 2. The number of aryl methyl sites for hydroxylation is 1. The third-order valence-corrected chi connectivity index (χ3v) is 2.79. The summed E-state index contributed by atoms with van der Waals surface area (Å²) in [6.07, 6.45) is 1.82. The molecule has 2 amide bonds. The first-order valence-corrected chi connectivity index (χ1v) is 6.17. The van der Waals surface area contributed by atoms with Gasteiger partial charge < -0.3 is 20.5 Å². The number of fused-ring (bicyclic) bond motifs is 1. The highest BCUT2D eigenvalue weighted by atomic mass is 16.5. The molecule has 0 unspecified atom stereocenters. The van der Waals surface area contributed by atoms with E-state index in [0.29, 0.717) is 5.69 Å². The van der Waals surface area contributed by atoms with Crippen LogP contribution >= 0.6 is 0 Å². The number of hydrogen-bond donors (Lipinski definition) is 3. The Morgan fingerprint density at radius 1 is 1.37 bits per heavy atom. The van der Waals surface area contributed by atoms with Crippen LogP contribution in [0.2, 0.25) is 0 Å². The Kier molecular flexibility index (Phi) is 4.22. The van der Waals surface area contributed by atoms with E-state index in [9.17, 15) is 9.59 Å². The molecule has 0 aromatic heterocycles. The normalized spacial score (nSPS) is 13.1. The summed E-state index contributed by atoms with van der Waals surface area (Å²) in [6, 6.07) is 5.08. The first kappa shape index (κ1) is 13.2. The number of benzene rings is 1. The van der Waals surface area contributed by atoms with Crippen molar-refractivity contribution in [3.05, 3.63) is 23.8 Å². The molecule has 2 rings (SSSR count). The molecule has 1 aliphatic heterocycles. The molecule has 102 valence electrons. The molecular formula is C13H16N2O4. The largest absolute Gasteiger partial charge is 0.493 e. The van der Waals surface area contributed by atoms with Crippen LogP contribution in [0.15, 0.2) is 18.2 Å². The number of urea groups is 1. The van der Waals surface area contributed by atoms with Crippen molar-refractivity contribution in [3.8, 4) is 5.75 Å². The Hall–Kier alpha value is -2.24. The fourth-order valence-corrected chi connectivity index (χ4v) is 1.90. The summed E-state index contributed by atoms with van der Waals surface area (Å²) in [7, 11) is 0. The molecule has 6 nitrogen and oxygen atoms in total. The lowest BCUT2D eigenvalue weighted by molar-refractivity contribution is -0.136. The first-order valence-electron chi connectivity index (χ1n) is 6.17. The molecule has 1 heterocycles. The number of amides is 2. The van der Waals surface area contributed by atoms with E-state index in [4.69, 9.17) is 9.84 Å². The molecule has 6 heteroatoms. The summed E-state index contributed by atoms with van der Waals surface area (Å²) in [5.41, 5.74) is 1.76. The fourth-order valence-electron chi connectivity index (χ4n) is 1.90. The summed E-state index contributed by atoms with van der Waals surface area (Å²) in [5.74, 6) is -0.0747. The van der Waals surface area contributed by atoms with E-state index < -0.39 is 12.0 Å². The van der Waals surface area contributed by atoms with Crippen molar-refractivity contribution in [1.82, 2.24) is 5.32 Å². The molecular weight excluding hydrogens is 248 g/mol. The van der Waals surface area contributed by atoms with Crippen LogP contribution in [0.25, 0.3) is 0 Å². The molecule has 0 atom stereocenters. The van der Waals surface area contributed by atoms with E-state index in [0.717, 1.165) is 30.8 Å². The van der Waals surface area contributed by atoms with Crippen LogP contribution in [0.1, 0.15) is 18.4 Å². The Morgan fingerprint density at radius 2 is 2.21 bits per heavy atom. The van der Waals surface area contributed by atoms with Crippen LogP contribution in [0.5, 0.6) is 5.75 Å². The van der Waals surface area contributed by atoms with E-state index in [1.165, 1.54) is 0 Å². The van der Waals surface area contributed by atoms with Crippen LogP contribution in [0, 0.1) is 0 Å². The molecule has 0 fully saturated rings. The lowest BCUT2D eigenvalue weighted by Gasteiger charge is -2.18. The lowest BCUT2D eigenvalue weighted by Crippen LogP contribution is -2.30. The summed E-state index contributed by atoms with van der Waals surface area (Å²) >= 11 is 0. The second kappa shape index (κ2) is 6.08. The van der Waals surface area contributed by atoms with Crippen molar-refractivity contribution in [3.63, 3.8) is 0 Å². The van der Waals surface area contributed by atoms with Crippen LogP contribution in [0.4, 0.5) is 10.5 Å². The second-order valence-electron chi connectivity index (χ2n) is 4.30. The van der Waals surface area contributed by atoms with Gasteiger partial charge in [-0.25, -0.2) is 4.79 Å². The highest BCUT2D eigenvalue weighted by molar-refractivity contribution is 5.89. The lowest BCUT2D eigenvalue weighted by atomic mass is 10.1. The standard InChI is InChI=1S/C13H16N2O4/c16-12(17)5-6-14-13(18)15-10-3-4-11-9(8-10)2-1-7-19-11/h3-4,8H,1-2,5-7H2,(H,16,17)(H2,14,15,18). The molecule has 0 spiro atoms. The average Bonchev–Trinajstić information content (AvgIpc) is 2.38. The second-order valence-corrected chi connectivity index (χ2v) is 4.30. The number of carbonyl (C=O) groups excluding carboxylic acids is 1. The molecule has 1 aromatic rings. The topological polar surface area (TPSA) is 87.7 Å². The number of rotatable bonds is 4. The van der Waals surface area contributed by atoms with Gasteiger partial charge in [0, 0.05) is 12.2 Å². The Morgan fingerprint density at radius 3 is 3.00 bits per heavy atom. The van der Waals surface area contributed by atoms with Crippen molar-refractivity contribution < 1.29 is 19.4 Å². The highest BCUT2D eigenvalue weighted by Crippen LogP contribution is 2.27.